The summed E-state index contributed by atoms with van der Waals surface area (Å²) in [5.74, 6) is 2.99. The van der Waals surface area contributed by atoms with Crippen molar-refractivity contribution in [1.29, 1.82) is 0 Å². The van der Waals surface area contributed by atoms with E-state index in [1.165, 1.54) is 0 Å². The monoisotopic (exact) mass is 272 g/mol. The number of hydrogen-bond acceptors (Lipinski definition) is 4. The fourth-order valence-corrected chi connectivity index (χ4v) is 3.57. The van der Waals surface area contributed by atoms with Crippen LogP contribution in [0.15, 0.2) is 0 Å². The predicted octanol–water partition coefficient (Wildman–Crippen LogP) is 1.01. The maximum Gasteiger partial charge on any atom is 0.221 e. The van der Waals surface area contributed by atoms with Crippen molar-refractivity contribution in [2.45, 2.75) is 38.3 Å². The first-order valence-corrected chi connectivity index (χ1v) is 8.09. The van der Waals surface area contributed by atoms with Crippen LogP contribution in [0.2, 0.25) is 0 Å². The molecular formula is C13H24N2O2S. The van der Waals surface area contributed by atoms with Gasteiger partial charge in [0, 0.05) is 49.8 Å². The Morgan fingerprint density at radius 2 is 2.28 bits per heavy atom. The topological polar surface area (TPSA) is 50.4 Å². The van der Waals surface area contributed by atoms with E-state index in [4.69, 9.17) is 4.74 Å². The molecule has 2 saturated heterocycles. The molecule has 18 heavy (non-hydrogen) atoms. The van der Waals surface area contributed by atoms with Crippen LogP contribution in [0.3, 0.4) is 0 Å². The van der Waals surface area contributed by atoms with Crippen LogP contribution in [-0.2, 0) is 9.53 Å². The maximum atomic E-state index is 12.0. The van der Waals surface area contributed by atoms with Gasteiger partial charge in [0.15, 0.2) is 0 Å². The highest BCUT2D eigenvalue weighted by Gasteiger charge is 2.23. The van der Waals surface area contributed by atoms with Crippen LogP contribution in [0.4, 0.5) is 0 Å². The Balaban J connectivity index is 1.68. The van der Waals surface area contributed by atoms with Crippen molar-refractivity contribution in [3.63, 3.8) is 0 Å². The molecule has 0 aromatic rings. The normalized spacial score (nSPS) is 27.7. The van der Waals surface area contributed by atoms with Gasteiger partial charge in [0.25, 0.3) is 0 Å². The standard InChI is InChI=1S/C13H24N2O2S/c1-10(11-2-5-17-6-3-11)15-13(16)8-12-9-18-7-4-14-12/h10-12,14H,2-9H2,1H3,(H,15,16). The van der Waals surface area contributed by atoms with E-state index in [1.807, 2.05) is 11.8 Å². The molecule has 0 aromatic carbocycles. The van der Waals surface area contributed by atoms with Crippen molar-refractivity contribution < 1.29 is 9.53 Å². The zero-order chi connectivity index (χ0) is 12.8. The van der Waals surface area contributed by atoms with E-state index in [9.17, 15) is 4.79 Å². The van der Waals surface area contributed by atoms with E-state index < -0.39 is 0 Å². The van der Waals surface area contributed by atoms with E-state index in [-0.39, 0.29) is 11.9 Å². The second-order valence-electron chi connectivity index (χ2n) is 5.24. The minimum atomic E-state index is 0.189. The van der Waals surface area contributed by atoms with Crippen molar-refractivity contribution >= 4 is 17.7 Å². The van der Waals surface area contributed by atoms with Gasteiger partial charge in [-0.1, -0.05) is 0 Å². The average molecular weight is 272 g/mol. The molecule has 2 aliphatic rings. The molecule has 0 radical (unpaired) electrons. The quantitative estimate of drug-likeness (QED) is 0.802. The van der Waals surface area contributed by atoms with Crippen LogP contribution in [0.5, 0.6) is 0 Å². The average Bonchev–Trinajstić information content (AvgIpc) is 2.40. The molecule has 0 spiro atoms. The van der Waals surface area contributed by atoms with Crippen LogP contribution >= 0.6 is 11.8 Å². The molecule has 2 rings (SSSR count). The molecule has 104 valence electrons. The van der Waals surface area contributed by atoms with Crippen molar-refractivity contribution in [2.75, 3.05) is 31.3 Å². The maximum absolute atomic E-state index is 12.0. The number of amides is 1. The lowest BCUT2D eigenvalue weighted by Gasteiger charge is -2.29. The largest absolute Gasteiger partial charge is 0.381 e. The highest BCUT2D eigenvalue weighted by atomic mass is 32.2. The summed E-state index contributed by atoms with van der Waals surface area (Å²) in [5, 5.41) is 6.55. The number of nitrogens with one attached hydrogen (secondary N) is 2. The van der Waals surface area contributed by atoms with E-state index >= 15 is 0 Å². The highest BCUT2D eigenvalue weighted by molar-refractivity contribution is 7.99. The predicted molar refractivity (Wildman–Crippen MR) is 74.9 cm³/mol. The Bertz CT molecular complexity index is 264. The van der Waals surface area contributed by atoms with Gasteiger partial charge in [0.1, 0.15) is 0 Å². The lowest BCUT2D eigenvalue weighted by atomic mass is 9.93. The molecule has 2 aliphatic heterocycles. The summed E-state index contributed by atoms with van der Waals surface area (Å²) >= 11 is 1.93. The van der Waals surface area contributed by atoms with Crippen molar-refractivity contribution in [2.24, 2.45) is 5.92 Å². The molecule has 2 unspecified atom stereocenters. The molecule has 0 aliphatic carbocycles. The van der Waals surface area contributed by atoms with Crippen LogP contribution < -0.4 is 10.6 Å². The number of hydrogen-bond donors (Lipinski definition) is 2. The Morgan fingerprint density at radius 3 is 2.94 bits per heavy atom. The Hall–Kier alpha value is -0.260. The molecular weight excluding hydrogens is 248 g/mol. The fraction of sp³-hybridized carbons (Fsp3) is 0.923. The van der Waals surface area contributed by atoms with Gasteiger partial charge >= 0.3 is 0 Å². The van der Waals surface area contributed by atoms with Gasteiger partial charge in [0.05, 0.1) is 0 Å². The minimum absolute atomic E-state index is 0.189. The van der Waals surface area contributed by atoms with Gasteiger partial charge in [-0.25, -0.2) is 0 Å². The molecule has 0 bridgehead atoms. The summed E-state index contributed by atoms with van der Waals surface area (Å²) in [7, 11) is 0. The van der Waals surface area contributed by atoms with E-state index in [2.05, 4.69) is 17.6 Å². The summed E-state index contributed by atoms with van der Waals surface area (Å²) in [5.41, 5.74) is 0. The lowest BCUT2D eigenvalue weighted by molar-refractivity contribution is -0.122. The second kappa shape index (κ2) is 7.36. The zero-order valence-electron chi connectivity index (χ0n) is 11.1. The first kappa shape index (κ1) is 14.2. The molecule has 4 nitrogen and oxygen atoms in total. The van der Waals surface area contributed by atoms with Crippen molar-refractivity contribution in [3.8, 4) is 0 Å². The third-order valence-corrected chi connectivity index (χ3v) is 4.92. The molecule has 0 saturated carbocycles. The zero-order valence-corrected chi connectivity index (χ0v) is 11.9. The number of ether oxygens (including phenoxy) is 1. The Labute approximate surface area is 114 Å². The SMILES string of the molecule is CC(NC(=O)CC1CSCCN1)C1CCOCC1. The first-order valence-electron chi connectivity index (χ1n) is 6.94. The van der Waals surface area contributed by atoms with Crippen molar-refractivity contribution in [1.82, 2.24) is 10.6 Å². The molecule has 1 amide bonds. The smallest absolute Gasteiger partial charge is 0.221 e. The van der Waals surface area contributed by atoms with Gasteiger partial charge in [-0.2, -0.15) is 11.8 Å². The third kappa shape index (κ3) is 4.44. The minimum Gasteiger partial charge on any atom is -0.381 e. The summed E-state index contributed by atoms with van der Waals surface area (Å²) in [4.78, 5) is 12.0. The highest BCUT2D eigenvalue weighted by Crippen LogP contribution is 2.18. The molecule has 2 heterocycles. The molecule has 2 fully saturated rings. The first-order chi connectivity index (χ1) is 8.75. The molecule has 5 heteroatoms. The summed E-state index contributed by atoms with van der Waals surface area (Å²) in [6.07, 6.45) is 2.75. The summed E-state index contributed by atoms with van der Waals surface area (Å²) in [6.45, 7) is 4.83. The summed E-state index contributed by atoms with van der Waals surface area (Å²) in [6, 6.07) is 0.628. The number of rotatable bonds is 4. The number of carbonyl (C=O) groups excluding carboxylic acids is 1. The van der Waals surface area contributed by atoms with Crippen LogP contribution in [0.25, 0.3) is 0 Å². The van der Waals surface area contributed by atoms with Gasteiger partial charge in [-0.05, 0) is 25.7 Å². The van der Waals surface area contributed by atoms with Crippen molar-refractivity contribution in [3.05, 3.63) is 0 Å². The van der Waals surface area contributed by atoms with Crippen LogP contribution in [0.1, 0.15) is 26.2 Å². The van der Waals surface area contributed by atoms with Crippen LogP contribution in [0, 0.1) is 5.92 Å². The lowest BCUT2D eigenvalue weighted by Crippen LogP contribution is -2.45. The third-order valence-electron chi connectivity index (χ3n) is 3.79. The second-order valence-corrected chi connectivity index (χ2v) is 6.39. The van der Waals surface area contributed by atoms with E-state index in [0.717, 1.165) is 44.1 Å². The number of thioether (sulfide) groups is 1. The van der Waals surface area contributed by atoms with Gasteiger partial charge in [-0.3, -0.25) is 4.79 Å². The van der Waals surface area contributed by atoms with Gasteiger partial charge in [0.2, 0.25) is 5.91 Å². The molecule has 2 atom stereocenters. The Morgan fingerprint density at radius 1 is 1.50 bits per heavy atom. The Kier molecular flexibility index (Phi) is 5.79. The number of carbonyl (C=O) groups is 1. The fourth-order valence-electron chi connectivity index (χ4n) is 2.62. The molecule has 0 aromatic heterocycles. The van der Waals surface area contributed by atoms with E-state index in [1.54, 1.807) is 0 Å². The van der Waals surface area contributed by atoms with Crippen LogP contribution in [-0.4, -0.2) is 49.3 Å². The molecule has 2 N–H and O–H groups in total. The van der Waals surface area contributed by atoms with E-state index in [0.29, 0.717) is 18.4 Å². The van der Waals surface area contributed by atoms with Gasteiger partial charge < -0.3 is 15.4 Å². The van der Waals surface area contributed by atoms with Gasteiger partial charge in [-0.15, -0.1) is 0 Å². The summed E-state index contributed by atoms with van der Waals surface area (Å²) < 4.78 is 5.35.